The average Bonchev–Trinajstić information content (AvgIpc) is 3.46. The molecule has 0 N–H and O–H groups in total. The second-order valence-electron chi connectivity index (χ2n) is 8.57. The number of amides is 1. The molecule has 2 aliphatic carbocycles. The van der Waals surface area contributed by atoms with Crippen LogP contribution in [-0.4, -0.2) is 46.2 Å². The average molecular weight is 416 g/mol. The monoisotopic (exact) mass is 415 g/mol. The second-order valence-corrected chi connectivity index (χ2v) is 8.57. The first-order valence-corrected chi connectivity index (χ1v) is 11.5. The molecular weight excluding hydrogens is 382 g/mol. The molecule has 7 nitrogen and oxygen atoms in total. The summed E-state index contributed by atoms with van der Waals surface area (Å²) < 4.78 is 16.7. The highest BCUT2D eigenvalue weighted by atomic mass is 16.5. The van der Waals surface area contributed by atoms with Gasteiger partial charge in [0.2, 0.25) is 17.6 Å². The van der Waals surface area contributed by atoms with Crippen LogP contribution >= 0.6 is 0 Å². The van der Waals surface area contributed by atoms with Crippen molar-refractivity contribution in [2.45, 2.75) is 83.8 Å². The van der Waals surface area contributed by atoms with E-state index in [1.165, 1.54) is 32.1 Å². The zero-order valence-electron chi connectivity index (χ0n) is 18.1. The molecule has 4 rings (SSSR count). The van der Waals surface area contributed by atoms with E-state index in [-0.39, 0.29) is 11.3 Å². The van der Waals surface area contributed by atoms with Crippen molar-refractivity contribution >= 4 is 5.91 Å². The summed E-state index contributed by atoms with van der Waals surface area (Å²) in [5, 5.41) is 3.96. The summed E-state index contributed by atoms with van der Waals surface area (Å²) in [5.41, 5.74) is 0.149. The number of aromatic nitrogens is 2. The molecule has 2 heterocycles. The van der Waals surface area contributed by atoms with Crippen molar-refractivity contribution in [2.75, 3.05) is 13.2 Å². The van der Waals surface area contributed by atoms with Crippen LogP contribution in [0, 0.1) is 5.41 Å². The van der Waals surface area contributed by atoms with Crippen LogP contribution in [0.5, 0.6) is 0 Å². The first-order valence-electron chi connectivity index (χ1n) is 11.5. The Morgan fingerprint density at radius 3 is 2.83 bits per heavy atom. The molecule has 1 amide bonds. The number of rotatable bonds is 9. The summed E-state index contributed by atoms with van der Waals surface area (Å²) in [6, 6.07) is 3.87. The number of ether oxygens (including phenoxy) is 1. The Morgan fingerprint density at radius 1 is 1.30 bits per heavy atom. The third kappa shape index (κ3) is 4.04. The zero-order valence-corrected chi connectivity index (χ0v) is 18.1. The summed E-state index contributed by atoms with van der Waals surface area (Å²) in [5.74, 6) is 1.64. The van der Waals surface area contributed by atoms with E-state index in [0.29, 0.717) is 42.5 Å². The molecule has 2 fully saturated rings. The Labute approximate surface area is 178 Å². The van der Waals surface area contributed by atoms with Crippen LogP contribution < -0.4 is 0 Å². The van der Waals surface area contributed by atoms with Crippen LogP contribution in [0.2, 0.25) is 0 Å². The number of carbonyl (C=O) groups is 1. The van der Waals surface area contributed by atoms with E-state index in [1.54, 1.807) is 18.4 Å². The van der Waals surface area contributed by atoms with Crippen molar-refractivity contribution < 1.29 is 18.5 Å². The van der Waals surface area contributed by atoms with Gasteiger partial charge in [0.05, 0.1) is 12.4 Å². The molecule has 2 aliphatic rings. The molecule has 0 aromatic carbocycles. The van der Waals surface area contributed by atoms with E-state index in [2.05, 4.69) is 28.9 Å². The fraction of sp³-hybridized carbons (Fsp3) is 0.696. The molecule has 30 heavy (non-hydrogen) atoms. The van der Waals surface area contributed by atoms with Crippen LogP contribution in [0.25, 0.3) is 11.6 Å². The minimum Gasteiger partial charge on any atom is -0.461 e. The lowest BCUT2D eigenvalue weighted by molar-refractivity contribution is -0.188. The van der Waals surface area contributed by atoms with Gasteiger partial charge >= 0.3 is 0 Å². The quantitative estimate of drug-likeness (QED) is 0.594. The summed E-state index contributed by atoms with van der Waals surface area (Å²) >= 11 is 0. The third-order valence-corrected chi connectivity index (χ3v) is 6.82. The molecule has 0 unspecified atom stereocenters. The molecule has 1 spiro atoms. The maximum absolute atomic E-state index is 13.2. The van der Waals surface area contributed by atoms with Gasteiger partial charge in [-0.25, -0.2) is 0 Å². The van der Waals surface area contributed by atoms with E-state index < -0.39 is 0 Å². The molecular formula is C23H33N3O4. The molecule has 164 valence electrons. The Kier molecular flexibility index (Phi) is 6.56. The molecule has 0 radical (unpaired) electrons. The fourth-order valence-electron chi connectivity index (χ4n) is 5.38. The molecule has 0 saturated heterocycles. The Hall–Kier alpha value is -2.15. The largest absolute Gasteiger partial charge is 0.461 e. The van der Waals surface area contributed by atoms with E-state index in [0.717, 1.165) is 26.0 Å². The van der Waals surface area contributed by atoms with Gasteiger partial charge < -0.3 is 18.6 Å². The first-order chi connectivity index (χ1) is 14.7. The molecule has 2 saturated carbocycles. The molecule has 2 aromatic heterocycles. The maximum atomic E-state index is 13.2. The smallest absolute Gasteiger partial charge is 0.238 e. The number of furan rings is 1. The lowest BCUT2D eigenvalue weighted by Crippen LogP contribution is -2.66. The Bertz CT molecular complexity index is 810. The molecule has 2 atom stereocenters. The van der Waals surface area contributed by atoms with E-state index in [9.17, 15) is 4.79 Å². The van der Waals surface area contributed by atoms with Crippen molar-refractivity contribution in [1.29, 1.82) is 0 Å². The lowest BCUT2D eigenvalue weighted by Gasteiger charge is -2.60. The minimum absolute atomic E-state index is 0.149. The van der Waals surface area contributed by atoms with Crippen LogP contribution in [0.1, 0.15) is 71.1 Å². The normalized spacial score (nSPS) is 22.7. The number of hydrogen-bond donors (Lipinski definition) is 0. The van der Waals surface area contributed by atoms with Crippen LogP contribution in [-0.2, 0) is 16.0 Å². The van der Waals surface area contributed by atoms with E-state index in [4.69, 9.17) is 13.7 Å². The summed E-state index contributed by atoms with van der Waals surface area (Å²) in [7, 11) is 0. The number of nitrogens with zero attached hydrogens (tertiary/aromatic N) is 3. The Balaban J connectivity index is 1.41. The van der Waals surface area contributed by atoms with Crippen molar-refractivity contribution in [3.05, 3.63) is 24.3 Å². The number of carbonyl (C=O) groups excluding carboxylic acids is 1. The van der Waals surface area contributed by atoms with Crippen LogP contribution in [0.4, 0.5) is 0 Å². The second kappa shape index (κ2) is 9.33. The zero-order chi connectivity index (χ0) is 21.0. The predicted molar refractivity (Wildman–Crippen MR) is 112 cm³/mol. The van der Waals surface area contributed by atoms with Gasteiger partial charge in [-0.3, -0.25) is 4.79 Å². The standard InChI is InChI=1S/C23H33N3O4/c1-3-14-26(18-16-19(28-4-2)23(18)12-6-5-7-13-23)21(27)11-10-20-24-22(25-30-20)17-9-8-15-29-17/h8-9,15,18-19H,3-7,10-14,16H2,1-2H3/t18-,19-/m0/s1. The maximum Gasteiger partial charge on any atom is 0.238 e. The summed E-state index contributed by atoms with van der Waals surface area (Å²) in [6.45, 7) is 5.75. The van der Waals surface area contributed by atoms with Gasteiger partial charge in [-0.1, -0.05) is 31.3 Å². The molecule has 2 aromatic rings. The fourth-order valence-corrected chi connectivity index (χ4v) is 5.38. The highest BCUT2D eigenvalue weighted by Gasteiger charge is 2.58. The van der Waals surface area contributed by atoms with Crippen LogP contribution in [0.3, 0.4) is 0 Å². The molecule has 7 heteroatoms. The van der Waals surface area contributed by atoms with Gasteiger partial charge in [0, 0.05) is 37.5 Å². The van der Waals surface area contributed by atoms with Gasteiger partial charge in [-0.15, -0.1) is 0 Å². The van der Waals surface area contributed by atoms with E-state index >= 15 is 0 Å². The highest BCUT2D eigenvalue weighted by molar-refractivity contribution is 5.77. The van der Waals surface area contributed by atoms with Crippen molar-refractivity contribution in [2.24, 2.45) is 5.41 Å². The predicted octanol–water partition coefficient (Wildman–Crippen LogP) is 4.63. The van der Waals surface area contributed by atoms with Crippen molar-refractivity contribution in [3.8, 4) is 11.6 Å². The van der Waals surface area contributed by atoms with Gasteiger partial charge in [0.15, 0.2) is 5.76 Å². The van der Waals surface area contributed by atoms with Gasteiger partial charge in [0.1, 0.15) is 0 Å². The third-order valence-electron chi connectivity index (χ3n) is 6.82. The molecule has 0 aliphatic heterocycles. The highest BCUT2D eigenvalue weighted by Crippen LogP contribution is 2.55. The summed E-state index contributed by atoms with van der Waals surface area (Å²) in [6.07, 6.45) is 10.7. The molecule has 0 bridgehead atoms. The van der Waals surface area contributed by atoms with Crippen LogP contribution in [0.15, 0.2) is 27.3 Å². The van der Waals surface area contributed by atoms with Gasteiger partial charge in [-0.05, 0) is 44.7 Å². The minimum atomic E-state index is 0.149. The van der Waals surface area contributed by atoms with E-state index in [1.807, 2.05) is 0 Å². The number of aryl methyl sites for hydroxylation is 1. The SMILES string of the molecule is CCCN(C(=O)CCc1nc(-c2ccco2)no1)[C@H]1C[C@H](OCC)C12CCCCC2. The number of hydrogen-bond acceptors (Lipinski definition) is 6. The summed E-state index contributed by atoms with van der Waals surface area (Å²) in [4.78, 5) is 19.7. The lowest BCUT2D eigenvalue weighted by atomic mass is 9.54. The topological polar surface area (TPSA) is 81.6 Å². The van der Waals surface area contributed by atoms with Gasteiger partial charge in [0.25, 0.3) is 0 Å². The van der Waals surface area contributed by atoms with Gasteiger partial charge in [-0.2, -0.15) is 4.98 Å². The van der Waals surface area contributed by atoms with Crippen molar-refractivity contribution in [3.63, 3.8) is 0 Å². The Morgan fingerprint density at radius 2 is 2.13 bits per heavy atom. The first kappa shape index (κ1) is 21.1. The van der Waals surface area contributed by atoms with Crippen molar-refractivity contribution in [1.82, 2.24) is 15.0 Å².